The predicted octanol–water partition coefficient (Wildman–Crippen LogP) is 1.89. The van der Waals surface area contributed by atoms with Gasteiger partial charge in [0, 0.05) is 0 Å². The van der Waals surface area contributed by atoms with E-state index in [1.165, 1.54) is 0 Å². The van der Waals surface area contributed by atoms with Crippen LogP contribution in [-0.2, 0) is 0 Å². The van der Waals surface area contributed by atoms with E-state index in [-0.39, 0.29) is 0 Å². The van der Waals surface area contributed by atoms with Crippen LogP contribution in [0.25, 0.3) is 5.69 Å². The van der Waals surface area contributed by atoms with Crippen molar-refractivity contribution in [3.8, 4) is 17.3 Å². The molecule has 0 bridgehead atoms. The molecule has 0 aliphatic rings. The largest absolute Gasteiger partial charge is 0.490 e. The van der Waals surface area contributed by atoms with E-state index in [1.807, 2.05) is 30.3 Å². The topological polar surface area (TPSA) is 36.3 Å². The lowest BCUT2D eigenvalue weighted by atomic mass is 10.3. The van der Waals surface area contributed by atoms with Gasteiger partial charge in [-0.15, -0.1) is 0 Å². The van der Waals surface area contributed by atoms with Gasteiger partial charge in [0.15, 0.2) is 0 Å². The summed E-state index contributed by atoms with van der Waals surface area (Å²) in [5.74, 6) is 1.23. The summed E-state index contributed by atoms with van der Waals surface area (Å²) in [7, 11) is 3.19. The fourth-order valence-corrected chi connectivity index (χ4v) is 1.40. The second-order valence-electron chi connectivity index (χ2n) is 2.97. The van der Waals surface area contributed by atoms with E-state index in [2.05, 4.69) is 5.10 Å². The molecule has 0 spiro atoms. The minimum absolute atomic E-state index is 0.601. The smallest absolute Gasteiger partial charge is 0.260 e. The minimum atomic E-state index is 0.601. The third-order valence-electron chi connectivity index (χ3n) is 2.11. The summed E-state index contributed by atoms with van der Waals surface area (Å²) >= 11 is 0. The number of aromatic nitrogens is 2. The number of benzene rings is 1. The Hall–Kier alpha value is -1.97. The van der Waals surface area contributed by atoms with Crippen molar-refractivity contribution >= 4 is 0 Å². The van der Waals surface area contributed by atoms with Gasteiger partial charge in [-0.25, -0.2) is 0 Å². The summed E-state index contributed by atoms with van der Waals surface area (Å²) in [4.78, 5) is 0. The minimum Gasteiger partial charge on any atom is -0.490 e. The van der Waals surface area contributed by atoms with Crippen LogP contribution in [0.5, 0.6) is 11.6 Å². The molecule has 0 saturated carbocycles. The normalized spacial score (nSPS) is 10.0. The van der Waals surface area contributed by atoms with Gasteiger partial charge in [0.25, 0.3) is 5.88 Å². The van der Waals surface area contributed by atoms with Gasteiger partial charge in [0.2, 0.25) is 5.75 Å². The molecule has 4 heteroatoms. The zero-order valence-electron chi connectivity index (χ0n) is 8.68. The maximum atomic E-state index is 5.24. The summed E-state index contributed by atoms with van der Waals surface area (Å²) in [5.41, 5.74) is 0.942. The summed E-state index contributed by atoms with van der Waals surface area (Å²) in [6, 6.07) is 9.76. The number of rotatable bonds is 3. The SMILES string of the molecule is COc1cnn(-c2ccccc2)c1OC. The third-order valence-corrected chi connectivity index (χ3v) is 2.11. The van der Waals surface area contributed by atoms with E-state index in [4.69, 9.17) is 9.47 Å². The second kappa shape index (κ2) is 4.04. The lowest BCUT2D eigenvalue weighted by molar-refractivity contribution is 0.340. The molecule has 0 aliphatic heterocycles. The highest BCUT2D eigenvalue weighted by Gasteiger charge is 2.12. The van der Waals surface area contributed by atoms with Gasteiger partial charge in [0.1, 0.15) is 0 Å². The van der Waals surface area contributed by atoms with Gasteiger partial charge in [-0.2, -0.15) is 9.78 Å². The standard InChI is InChI=1S/C11H12N2O2/c1-14-10-8-12-13(11(10)15-2)9-6-4-3-5-7-9/h3-8H,1-2H3. The third kappa shape index (κ3) is 1.66. The highest BCUT2D eigenvalue weighted by Crippen LogP contribution is 2.28. The van der Waals surface area contributed by atoms with E-state index in [9.17, 15) is 0 Å². The molecule has 2 aromatic rings. The van der Waals surface area contributed by atoms with Crippen molar-refractivity contribution in [1.29, 1.82) is 0 Å². The van der Waals surface area contributed by atoms with Crippen LogP contribution in [0.4, 0.5) is 0 Å². The monoisotopic (exact) mass is 204 g/mol. The van der Waals surface area contributed by atoms with Crippen molar-refractivity contribution in [1.82, 2.24) is 9.78 Å². The Labute approximate surface area is 88.1 Å². The molecular formula is C11H12N2O2. The first-order chi connectivity index (χ1) is 7.36. The summed E-state index contributed by atoms with van der Waals surface area (Å²) in [5, 5.41) is 4.19. The average Bonchev–Trinajstić information content (AvgIpc) is 2.72. The number of ether oxygens (including phenoxy) is 2. The molecule has 1 aromatic carbocycles. The Morgan fingerprint density at radius 2 is 1.80 bits per heavy atom. The molecule has 0 saturated heterocycles. The first kappa shape index (κ1) is 9.58. The number of hydrogen-bond acceptors (Lipinski definition) is 3. The molecule has 0 radical (unpaired) electrons. The van der Waals surface area contributed by atoms with Crippen LogP contribution in [0.3, 0.4) is 0 Å². The molecule has 1 heterocycles. The van der Waals surface area contributed by atoms with Crippen LogP contribution in [-0.4, -0.2) is 24.0 Å². The fourth-order valence-electron chi connectivity index (χ4n) is 1.40. The van der Waals surface area contributed by atoms with Crippen LogP contribution < -0.4 is 9.47 Å². The molecule has 15 heavy (non-hydrogen) atoms. The summed E-state index contributed by atoms with van der Waals surface area (Å²) in [6.45, 7) is 0. The van der Waals surface area contributed by atoms with Gasteiger partial charge in [0.05, 0.1) is 26.1 Å². The molecule has 0 amide bonds. The highest BCUT2D eigenvalue weighted by atomic mass is 16.5. The first-order valence-corrected chi connectivity index (χ1v) is 4.58. The van der Waals surface area contributed by atoms with Gasteiger partial charge in [-0.05, 0) is 12.1 Å². The van der Waals surface area contributed by atoms with Gasteiger partial charge >= 0.3 is 0 Å². The Bertz CT molecular complexity index is 437. The van der Waals surface area contributed by atoms with Crippen LogP contribution >= 0.6 is 0 Å². The lowest BCUT2D eigenvalue weighted by Gasteiger charge is -2.06. The maximum Gasteiger partial charge on any atom is 0.260 e. The van der Waals surface area contributed by atoms with Crippen LogP contribution in [0.15, 0.2) is 36.5 Å². The fraction of sp³-hybridized carbons (Fsp3) is 0.182. The molecular weight excluding hydrogens is 192 g/mol. The van der Waals surface area contributed by atoms with E-state index in [0.29, 0.717) is 11.6 Å². The lowest BCUT2D eigenvalue weighted by Crippen LogP contribution is -1.99. The Morgan fingerprint density at radius 1 is 1.07 bits per heavy atom. The van der Waals surface area contributed by atoms with Crippen LogP contribution in [0.2, 0.25) is 0 Å². The van der Waals surface area contributed by atoms with Crippen molar-refractivity contribution in [2.24, 2.45) is 0 Å². The number of hydrogen-bond donors (Lipinski definition) is 0. The Morgan fingerprint density at radius 3 is 2.40 bits per heavy atom. The molecule has 4 nitrogen and oxygen atoms in total. The zero-order valence-corrected chi connectivity index (χ0v) is 8.68. The Kier molecular flexibility index (Phi) is 2.58. The summed E-state index contributed by atoms with van der Waals surface area (Å²) in [6.07, 6.45) is 1.63. The average molecular weight is 204 g/mol. The van der Waals surface area contributed by atoms with E-state index < -0.39 is 0 Å². The number of nitrogens with zero attached hydrogens (tertiary/aromatic N) is 2. The first-order valence-electron chi connectivity index (χ1n) is 4.58. The molecule has 2 rings (SSSR count). The van der Waals surface area contributed by atoms with Crippen molar-refractivity contribution < 1.29 is 9.47 Å². The van der Waals surface area contributed by atoms with Gasteiger partial charge in [-0.1, -0.05) is 18.2 Å². The Balaban J connectivity index is 2.49. The number of methoxy groups -OCH3 is 2. The maximum absolute atomic E-state index is 5.24. The zero-order chi connectivity index (χ0) is 10.7. The van der Waals surface area contributed by atoms with Crippen LogP contribution in [0, 0.1) is 0 Å². The predicted molar refractivity (Wildman–Crippen MR) is 56.7 cm³/mol. The molecule has 0 fully saturated rings. The molecule has 0 atom stereocenters. The van der Waals surface area contributed by atoms with Crippen molar-refractivity contribution in [3.05, 3.63) is 36.5 Å². The molecule has 0 unspecified atom stereocenters. The van der Waals surface area contributed by atoms with Crippen molar-refractivity contribution in [3.63, 3.8) is 0 Å². The van der Waals surface area contributed by atoms with Crippen LogP contribution in [0.1, 0.15) is 0 Å². The summed E-state index contributed by atoms with van der Waals surface area (Å²) < 4.78 is 12.1. The van der Waals surface area contributed by atoms with Crippen molar-refractivity contribution in [2.75, 3.05) is 14.2 Å². The van der Waals surface area contributed by atoms with Gasteiger partial charge < -0.3 is 9.47 Å². The van der Waals surface area contributed by atoms with Gasteiger partial charge in [-0.3, -0.25) is 0 Å². The molecule has 0 N–H and O–H groups in total. The van der Waals surface area contributed by atoms with E-state index in [0.717, 1.165) is 5.69 Å². The van der Waals surface area contributed by atoms with E-state index in [1.54, 1.807) is 25.1 Å². The van der Waals surface area contributed by atoms with E-state index >= 15 is 0 Å². The van der Waals surface area contributed by atoms with Crippen molar-refractivity contribution in [2.45, 2.75) is 0 Å². The molecule has 1 aromatic heterocycles. The number of para-hydroxylation sites is 1. The molecule has 0 aliphatic carbocycles. The second-order valence-corrected chi connectivity index (χ2v) is 2.97. The quantitative estimate of drug-likeness (QED) is 0.766. The molecule has 78 valence electrons. The highest BCUT2D eigenvalue weighted by molar-refractivity contribution is 5.41.